The summed E-state index contributed by atoms with van der Waals surface area (Å²) in [5, 5.41) is 2.91. The van der Waals surface area contributed by atoms with Gasteiger partial charge in [0.2, 0.25) is 0 Å². The van der Waals surface area contributed by atoms with Crippen LogP contribution in [0.5, 0.6) is 0 Å². The molecule has 1 aromatic carbocycles. The molecule has 1 saturated heterocycles. The van der Waals surface area contributed by atoms with Crippen molar-refractivity contribution < 1.29 is 9.53 Å². The molecule has 7 heteroatoms. The molecule has 7 nitrogen and oxygen atoms in total. The predicted octanol–water partition coefficient (Wildman–Crippen LogP) is 0.887. The van der Waals surface area contributed by atoms with Gasteiger partial charge in [-0.05, 0) is 36.5 Å². The fourth-order valence-electron chi connectivity index (χ4n) is 2.76. The van der Waals surface area contributed by atoms with Crippen molar-refractivity contribution in [2.45, 2.75) is 12.8 Å². The third kappa shape index (κ3) is 3.80. The minimum absolute atomic E-state index is 0.191. The molecule has 0 bridgehead atoms. The van der Waals surface area contributed by atoms with E-state index in [1.54, 1.807) is 24.3 Å². The number of nitrogens with one attached hydrogen (secondary N) is 3. The van der Waals surface area contributed by atoms with Gasteiger partial charge >= 0.3 is 5.69 Å². The lowest BCUT2D eigenvalue weighted by Gasteiger charge is -2.22. The number of hydrogen-bond acceptors (Lipinski definition) is 4. The zero-order valence-corrected chi connectivity index (χ0v) is 13.1. The summed E-state index contributed by atoms with van der Waals surface area (Å²) in [5.74, 6) is 0.149. The van der Waals surface area contributed by atoms with Crippen molar-refractivity contribution in [3.05, 3.63) is 56.9 Å². The zero-order valence-electron chi connectivity index (χ0n) is 13.1. The molecule has 1 amide bonds. The number of ether oxygens (including phenoxy) is 1. The van der Waals surface area contributed by atoms with Gasteiger partial charge in [0.1, 0.15) is 0 Å². The van der Waals surface area contributed by atoms with E-state index in [9.17, 15) is 14.4 Å². The van der Waals surface area contributed by atoms with E-state index in [1.165, 1.54) is 6.20 Å². The Morgan fingerprint density at radius 1 is 1.33 bits per heavy atom. The molecule has 1 aliphatic rings. The first kappa shape index (κ1) is 16.2. The average Bonchev–Trinajstić information content (AvgIpc) is 2.60. The smallest absolute Gasteiger partial charge is 0.325 e. The summed E-state index contributed by atoms with van der Waals surface area (Å²) in [6.45, 7) is 2.04. The number of hydrogen-bond donors (Lipinski definition) is 3. The van der Waals surface area contributed by atoms with E-state index >= 15 is 0 Å². The summed E-state index contributed by atoms with van der Waals surface area (Å²) in [7, 11) is 0. The molecule has 3 rings (SSSR count). The monoisotopic (exact) mass is 329 g/mol. The number of carbonyl (C=O) groups excluding carboxylic acids is 1. The topological polar surface area (TPSA) is 104 Å². The number of rotatable bonds is 4. The molecule has 1 atom stereocenters. The Morgan fingerprint density at radius 3 is 2.96 bits per heavy atom. The van der Waals surface area contributed by atoms with Crippen molar-refractivity contribution >= 4 is 5.91 Å². The minimum Gasteiger partial charge on any atom is -0.381 e. The van der Waals surface area contributed by atoms with Crippen molar-refractivity contribution in [1.82, 2.24) is 15.3 Å². The van der Waals surface area contributed by atoms with Crippen LogP contribution < -0.4 is 16.6 Å². The number of aromatic amines is 2. The van der Waals surface area contributed by atoms with E-state index < -0.39 is 11.2 Å². The van der Waals surface area contributed by atoms with Gasteiger partial charge in [0.15, 0.2) is 0 Å². The standard InChI is InChI=1S/C17H19N3O4/c21-15(18-8-11-3-2-6-24-10-11)13-5-1-4-12(7-13)14-9-19-17(23)20-16(14)22/h1,4-5,7,9,11H,2-3,6,8,10H2,(H,18,21)(H2,19,20,22,23)/t11-/m1/s1. The highest BCUT2D eigenvalue weighted by atomic mass is 16.5. The molecule has 0 aliphatic carbocycles. The van der Waals surface area contributed by atoms with Crippen LogP contribution in [-0.4, -0.2) is 35.6 Å². The Morgan fingerprint density at radius 2 is 2.21 bits per heavy atom. The number of amides is 1. The fraction of sp³-hybridized carbons (Fsp3) is 0.353. The second-order valence-electron chi connectivity index (χ2n) is 5.86. The second-order valence-corrected chi connectivity index (χ2v) is 5.86. The van der Waals surface area contributed by atoms with Crippen molar-refractivity contribution in [2.24, 2.45) is 5.92 Å². The van der Waals surface area contributed by atoms with Crippen molar-refractivity contribution in [3.63, 3.8) is 0 Å². The van der Waals surface area contributed by atoms with E-state index in [4.69, 9.17) is 4.74 Å². The molecule has 126 valence electrons. The van der Waals surface area contributed by atoms with Gasteiger partial charge in [-0.15, -0.1) is 0 Å². The Balaban J connectivity index is 1.73. The second kappa shape index (κ2) is 7.27. The summed E-state index contributed by atoms with van der Waals surface area (Å²) >= 11 is 0. The lowest BCUT2D eigenvalue weighted by atomic mass is 10.0. The lowest BCUT2D eigenvalue weighted by molar-refractivity contribution is 0.0536. The van der Waals surface area contributed by atoms with Gasteiger partial charge in [-0.2, -0.15) is 0 Å². The maximum absolute atomic E-state index is 12.3. The van der Waals surface area contributed by atoms with Crippen molar-refractivity contribution in [2.75, 3.05) is 19.8 Å². The van der Waals surface area contributed by atoms with Gasteiger partial charge in [-0.25, -0.2) is 4.79 Å². The lowest BCUT2D eigenvalue weighted by Crippen LogP contribution is -2.33. The van der Waals surface area contributed by atoms with Gasteiger partial charge < -0.3 is 15.0 Å². The largest absolute Gasteiger partial charge is 0.381 e. The van der Waals surface area contributed by atoms with E-state index in [2.05, 4.69) is 15.3 Å². The molecule has 0 radical (unpaired) electrons. The average molecular weight is 329 g/mol. The first-order valence-corrected chi connectivity index (χ1v) is 7.92. The highest BCUT2D eigenvalue weighted by molar-refractivity contribution is 5.95. The molecule has 2 aromatic rings. The van der Waals surface area contributed by atoms with Crippen LogP contribution in [0.2, 0.25) is 0 Å². The quantitative estimate of drug-likeness (QED) is 0.775. The van der Waals surface area contributed by atoms with E-state index in [1.807, 2.05) is 0 Å². The summed E-state index contributed by atoms with van der Waals surface area (Å²) in [5.41, 5.74) is 0.295. The molecule has 1 aliphatic heterocycles. The fourth-order valence-corrected chi connectivity index (χ4v) is 2.76. The molecule has 2 heterocycles. The third-order valence-corrected chi connectivity index (χ3v) is 4.06. The molecule has 0 saturated carbocycles. The number of aromatic nitrogens is 2. The third-order valence-electron chi connectivity index (χ3n) is 4.06. The van der Waals surface area contributed by atoms with Gasteiger partial charge in [0.05, 0.1) is 12.2 Å². The minimum atomic E-state index is -0.563. The highest BCUT2D eigenvalue weighted by Gasteiger charge is 2.16. The van der Waals surface area contributed by atoms with Crippen LogP contribution in [0.15, 0.2) is 40.1 Å². The van der Waals surface area contributed by atoms with Crippen LogP contribution in [0.4, 0.5) is 0 Å². The molecule has 3 N–H and O–H groups in total. The SMILES string of the molecule is O=C(NC[C@H]1CCCOC1)c1cccc(-c2c[nH]c(=O)[nH]c2=O)c1. The van der Waals surface area contributed by atoms with Crippen LogP contribution in [-0.2, 0) is 4.74 Å². The first-order valence-electron chi connectivity index (χ1n) is 7.92. The molecular weight excluding hydrogens is 310 g/mol. The van der Waals surface area contributed by atoms with Gasteiger partial charge in [-0.3, -0.25) is 14.6 Å². The maximum atomic E-state index is 12.3. The number of carbonyl (C=O) groups is 1. The van der Waals surface area contributed by atoms with E-state index in [0.717, 1.165) is 19.4 Å². The molecule has 24 heavy (non-hydrogen) atoms. The van der Waals surface area contributed by atoms with Gasteiger partial charge in [0, 0.05) is 24.9 Å². The van der Waals surface area contributed by atoms with Crippen LogP contribution in [0.3, 0.4) is 0 Å². The summed E-state index contributed by atoms with van der Waals surface area (Å²) < 4.78 is 5.40. The summed E-state index contributed by atoms with van der Waals surface area (Å²) in [6, 6.07) is 6.75. The molecule has 1 aromatic heterocycles. The van der Waals surface area contributed by atoms with Crippen LogP contribution >= 0.6 is 0 Å². The molecule has 0 spiro atoms. The zero-order chi connectivity index (χ0) is 16.9. The summed E-state index contributed by atoms with van der Waals surface area (Å²) in [6.07, 6.45) is 3.41. The summed E-state index contributed by atoms with van der Waals surface area (Å²) in [4.78, 5) is 39.9. The highest BCUT2D eigenvalue weighted by Crippen LogP contribution is 2.16. The Labute approximate surface area is 138 Å². The molecule has 0 unspecified atom stereocenters. The van der Waals surface area contributed by atoms with Crippen molar-refractivity contribution in [3.8, 4) is 11.1 Å². The molecule has 1 fully saturated rings. The van der Waals surface area contributed by atoms with Crippen molar-refractivity contribution in [1.29, 1.82) is 0 Å². The Bertz CT molecular complexity index is 834. The number of benzene rings is 1. The Kier molecular flexibility index (Phi) is 4.90. The van der Waals surface area contributed by atoms with Crippen LogP contribution in [0, 0.1) is 5.92 Å². The van der Waals surface area contributed by atoms with E-state index in [-0.39, 0.29) is 5.91 Å². The number of H-pyrrole nitrogens is 2. The predicted molar refractivity (Wildman–Crippen MR) is 89.0 cm³/mol. The first-order chi connectivity index (χ1) is 11.6. The Hall–Kier alpha value is -2.67. The van der Waals surface area contributed by atoms with Crippen LogP contribution in [0.1, 0.15) is 23.2 Å². The van der Waals surface area contributed by atoms with Gasteiger partial charge in [0.25, 0.3) is 11.5 Å². The normalized spacial score (nSPS) is 17.4. The van der Waals surface area contributed by atoms with E-state index in [0.29, 0.717) is 35.8 Å². The molecular formula is C17H19N3O4. The van der Waals surface area contributed by atoms with Crippen LogP contribution in [0.25, 0.3) is 11.1 Å². The maximum Gasteiger partial charge on any atom is 0.325 e. The van der Waals surface area contributed by atoms with Gasteiger partial charge in [-0.1, -0.05) is 12.1 Å².